The molecule has 0 fully saturated rings. The maximum absolute atomic E-state index is 14.2. The summed E-state index contributed by atoms with van der Waals surface area (Å²) < 4.78 is 56.7. The molecule has 0 aromatic heterocycles. The molecule has 0 saturated carbocycles. The second-order valence-corrected chi connectivity index (χ2v) is 9.09. The summed E-state index contributed by atoms with van der Waals surface area (Å²) in [5, 5.41) is 9.64. The van der Waals surface area contributed by atoms with Gasteiger partial charge in [-0.3, -0.25) is 0 Å². The first-order chi connectivity index (χ1) is 10.2. The minimum atomic E-state index is -3.54. The van der Waals surface area contributed by atoms with Gasteiger partial charge in [-0.15, -0.1) is 4.72 Å². The zero-order chi connectivity index (χ0) is 18.2. The van der Waals surface area contributed by atoms with Crippen LogP contribution in [-0.2, 0) is 17.3 Å². The Kier molecular flexibility index (Phi) is 5.84. The van der Waals surface area contributed by atoms with Gasteiger partial charge in [0.15, 0.2) is 0 Å². The summed E-state index contributed by atoms with van der Waals surface area (Å²) in [6, 6.07) is 2.16. The van der Waals surface area contributed by atoms with Crippen LogP contribution >= 0.6 is 0 Å². The number of hydrogen-bond donors (Lipinski definition) is 2. The Morgan fingerprint density at radius 3 is 2.13 bits per heavy atom. The monoisotopic (exact) mass is 351 g/mol. The molecule has 0 radical (unpaired) electrons. The lowest BCUT2D eigenvalue weighted by Crippen LogP contribution is -2.41. The molecule has 0 aliphatic heterocycles. The number of hydrogen-bond acceptors (Lipinski definition) is 3. The number of rotatable bonds is 5. The van der Waals surface area contributed by atoms with Gasteiger partial charge in [-0.25, -0.2) is 4.39 Å². The van der Waals surface area contributed by atoms with Gasteiger partial charge in [0.25, 0.3) is 0 Å². The van der Waals surface area contributed by atoms with E-state index in [4.69, 9.17) is 0 Å². The first-order valence-electron chi connectivity index (χ1n) is 7.26. The first-order valence-corrected chi connectivity index (χ1v) is 8.41. The molecule has 0 bridgehead atoms. The summed E-state index contributed by atoms with van der Waals surface area (Å²) >= 11 is -1.47. The van der Waals surface area contributed by atoms with E-state index >= 15 is 0 Å². The summed E-state index contributed by atoms with van der Waals surface area (Å²) in [6.07, 6.45) is 0. The number of halogens is 3. The van der Waals surface area contributed by atoms with Crippen LogP contribution in [-0.4, -0.2) is 20.0 Å². The van der Waals surface area contributed by atoms with Crippen molar-refractivity contribution < 1.29 is 22.8 Å². The van der Waals surface area contributed by atoms with Crippen molar-refractivity contribution in [2.24, 2.45) is 0 Å². The van der Waals surface area contributed by atoms with E-state index in [9.17, 15) is 22.8 Å². The van der Waals surface area contributed by atoms with Crippen molar-refractivity contribution in [3.8, 4) is 0 Å². The second-order valence-electron chi connectivity index (χ2n) is 7.09. The number of alkyl halides is 2. The quantitative estimate of drug-likeness (QED) is 0.794. The Morgan fingerprint density at radius 2 is 1.70 bits per heavy atom. The Balaban J connectivity index is 3.16. The summed E-state index contributed by atoms with van der Waals surface area (Å²) in [7, 11) is 0. The lowest BCUT2D eigenvalue weighted by molar-refractivity contribution is -0.168. The molecule has 2 atom stereocenters. The van der Waals surface area contributed by atoms with Gasteiger partial charge >= 0.3 is 5.92 Å². The van der Waals surface area contributed by atoms with Crippen molar-refractivity contribution in [1.29, 1.82) is 0 Å². The van der Waals surface area contributed by atoms with Gasteiger partial charge in [0.1, 0.15) is 16.2 Å². The average molecular weight is 351 g/mol. The molecule has 1 aromatic carbocycles. The molecule has 1 aromatic rings. The molecule has 0 aliphatic carbocycles. The molecule has 0 saturated heterocycles. The average Bonchev–Trinajstić information content (AvgIpc) is 2.36. The van der Waals surface area contributed by atoms with Gasteiger partial charge in [-0.05, 0) is 53.7 Å². The maximum Gasteiger partial charge on any atom is 0.300 e. The minimum absolute atomic E-state index is 0.0241. The van der Waals surface area contributed by atoms with Crippen LogP contribution in [0.4, 0.5) is 13.2 Å². The number of nitrogens with one attached hydrogen (secondary N) is 1. The summed E-state index contributed by atoms with van der Waals surface area (Å²) in [5.74, 6) is -4.22. The molecule has 2 N–H and O–H groups in total. The van der Waals surface area contributed by atoms with Crippen molar-refractivity contribution in [3.05, 3.63) is 35.1 Å². The SMILES string of the molecule is C[C@@H](N[S@+]([O-])C(C)(C)C)c1cc(C(F)(F)C(C)(C)O)ccc1F. The van der Waals surface area contributed by atoms with E-state index in [0.29, 0.717) is 0 Å². The highest BCUT2D eigenvalue weighted by molar-refractivity contribution is 7.90. The third-order valence-corrected chi connectivity index (χ3v) is 5.11. The van der Waals surface area contributed by atoms with Gasteiger partial charge in [0.05, 0.1) is 6.04 Å². The van der Waals surface area contributed by atoms with E-state index in [1.807, 2.05) is 0 Å². The Morgan fingerprint density at radius 1 is 1.17 bits per heavy atom. The topological polar surface area (TPSA) is 55.3 Å². The third-order valence-electron chi connectivity index (χ3n) is 3.43. The fourth-order valence-corrected chi connectivity index (χ4v) is 2.63. The lowest BCUT2D eigenvalue weighted by Gasteiger charge is -2.30. The van der Waals surface area contributed by atoms with Crippen molar-refractivity contribution in [3.63, 3.8) is 0 Å². The predicted molar refractivity (Wildman–Crippen MR) is 86.0 cm³/mol. The molecule has 0 spiro atoms. The van der Waals surface area contributed by atoms with E-state index in [1.165, 1.54) is 0 Å². The Labute approximate surface area is 138 Å². The number of benzene rings is 1. The van der Waals surface area contributed by atoms with Crippen LogP contribution in [0.5, 0.6) is 0 Å². The Bertz CT molecular complexity index is 553. The normalized spacial score (nSPS) is 16.3. The van der Waals surface area contributed by atoms with Gasteiger partial charge < -0.3 is 9.66 Å². The van der Waals surface area contributed by atoms with Crippen molar-refractivity contribution in [2.45, 2.75) is 63.9 Å². The standard InChI is InChI=1S/C16H24F3NO2S/c1-10(20-23(22)14(2,3)4)12-9-11(7-8-13(12)17)16(18,19)15(5,6)21/h7-10,20-21H,1-6H3/t10-,23-/m1/s1. The van der Waals surface area contributed by atoms with Crippen LogP contribution in [0.1, 0.15) is 58.7 Å². The highest BCUT2D eigenvalue weighted by Crippen LogP contribution is 2.39. The molecule has 23 heavy (non-hydrogen) atoms. The zero-order valence-electron chi connectivity index (χ0n) is 14.2. The molecular weight excluding hydrogens is 327 g/mol. The highest BCUT2D eigenvalue weighted by atomic mass is 32.2. The van der Waals surface area contributed by atoms with Crippen LogP contribution in [0.25, 0.3) is 0 Å². The van der Waals surface area contributed by atoms with E-state index in [-0.39, 0.29) is 5.56 Å². The molecule has 0 heterocycles. The molecule has 0 aliphatic rings. The summed E-state index contributed by atoms with van der Waals surface area (Å²) in [6.45, 7) is 8.78. The van der Waals surface area contributed by atoms with Crippen molar-refractivity contribution in [2.75, 3.05) is 0 Å². The van der Waals surface area contributed by atoms with Crippen LogP contribution < -0.4 is 4.72 Å². The lowest BCUT2D eigenvalue weighted by atomic mass is 9.91. The maximum atomic E-state index is 14.2. The van der Waals surface area contributed by atoms with Gasteiger partial charge in [-0.2, -0.15) is 8.78 Å². The highest BCUT2D eigenvalue weighted by Gasteiger charge is 2.47. The van der Waals surface area contributed by atoms with Gasteiger partial charge in [0.2, 0.25) is 0 Å². The summed E-state index contributed by atoms with van der Waals surface area (Å²) in [4.78, 5) is 0. The molecule has 0 amide bonds. The molecule has 132 valence electrons. The van der Waals surface area contributed by atoms with Crippen LogP contribution in [0.3, 0.4) is 0 Å². The predicted octanol–water partition coefficient (Wildman–Crippen LogP) is 3.80. The van der Waals surface area contributed by atoms with Crippen LogP contribution in [0.15, 0.2) is 18.2 Å². The third kappa shape index (κ3) is 4.62. The number of aliphatic hydroxyl groups is 1. The first kappa shape index (κ1) is 20.3. The van der Waals surface area contributed by atoms with Crippen molar-refractivity contribution in [1.82, 2.24) is 4.72 Å². The van der Waals surface area contributed by atoms with Crippen molar-refractivity contribution >= 4 is 11.4 Å². The van der Waals surface area contributed by atoms with Gasteiger partial charge in [0, 0.05) is 22.5 Å². The summed E-state index contributed by atoms with van der Waals surface area (Å²) in [5.41, 5.74) is -2.80. The largest absolute Gasteiger partial charge is 0.598 e. The van der Waals surface area contributed by atoms with E-state index in [0.717, 1.165) is 32.0 Å². The molecule has 3 nitrogen and oxygen atoms in total. The van der Waals surface area contributed by atoms with E-state index in [2.05, 4.69) is 4.72 Å². The minimum Gasteiger partial charge on any atom is -0.598 e. The zero-order valence-corrected chi connectivity index (χ0v) is 15.0. The van der Waals surface area contributed by atoms with E-state index in [1.54, 1.807) is 27.7 Å². The molecule has 0 unspecified atom stereocenters. The molecule has 7 heteroatoms. The molecule has 1 rings (SSSR count). The van der Waals surface area contributed by atoms with Crippen LogP contribution in [0, 0.1) is 5.82 Å². The Hall–Kier alpha value is -0.760. The smallest absolute Gasteiger partial charge is 0.300 e. The van der Waals surface area contributed by atoms with Gasteiger partial charge in [-0.1, -0.05) is 6.07 Å². The van der Waals surface area contributed by atoms with E-state index < -0.39 is 45.1 Å². The second kappa shape index (κ2) is 6.63. The fraction of sp³-hybridized carbons (Fsp3) is 0.625. The fourth-order valence-electron chi connectivity index (χ4n) is 1.82. The van der Waals surface area contributed by atoms with Crippen LogP contribution in [0.2, 0.25) is 0 Å². The molecular formula is C16H24F3NO2S.